The van der Waals surface area contributed by atoms with Crippen LogP contribution < -0.4 is 0 Å². The van der Waals surface area contributed by atoms with E-state index in [9.17, 15) is 18.0 Å². The third kappa shape index (κ3) is 1.74. The fourth-order valence-electron chi connectivity index (χ4n) is 2.38. The molecule has 3 rings (SSSR count). The number of aryl methyl sites for hydroxylation is 1. The molecule has 100 valence electrons. The van der Waals surface area contributed by atoms with Gasteiger partial charge in [0.2, 0.25) is 0 Å². The number of hydrogen-bond donors (Lipinski definition) is 1. The molecule has 2 aromatic rings. The van der Waals surface area contributed by atoms with Gasteiger partial charge in [0.1, 0.15) is 0 Å². The van der Waals surface area contributed by atoms with Crippen LogP contribution in [-0.2, 0) is 19.0 Å². The minimum absolute atomic E-state index is 0.0784. The zero-order valence-electron chi connectivity index (χ0n) is 9.53. The Balaban J connectivity index is 2.38. The average molecular weight is 271 g/mol. The highest BCUT2D eigenvalue weighted by atomic mass is 19.4. The molecule has 0 fully saturated rings. The van der Waals surface area contributed by atoms with Crippen molar-refractivity contribution in [3.8, 4) is 0 Å². The monoisotopic (exact) mass is 271 g/mol. The molecule has 0 bridgehead atoms. The Hall–Kier alpha value is -2.12. The molecule has 2 aromatic heterocycles. The molecular weight excluding hydrogens is 263 g/mol. The van der Waals surface area contributed by atoms with Crippen LogP contribution in [0.4, 0.5) is 13.2 Å². The summed E-state index contributed by atoms with van der Waals surface area (Å²) in [6, 6.07) is 1.05. The van der Waals surface area contributed by atoms with Gasteiger partial charge in [0.05, 0.1) is 0 Å². The van der Waals surface area contributed by atoms with Gasteiger partial charge in [-0.1, -0.05) is 0 Å². The number of aromatic nitrogens is 3. The van der Waals surface area contributed by atoms with Crippen LogP contribution in [0.3, 0.4) is 0 Å². The zero-order valence-corrected chi connectivity index (χ0v) is 9.53. The van der Waals surface area contributed by atoms with E-state index in [2.05, 4.69) is 10.1 Å². The number of carbonyl (C=O) groups is 1. The Bertz CT molecular complexity index is 691. The molecule has 1 aliphatic rings. The Morgan fingerprint density at radius 1 is 1.37 bits per heavy atom. The molecule has 0 amide bonds. The van der Waals surface area contributed by atoms with E-state index in [4.69, 9.17) is 5.11 Å². The third-order valence-corrected chi connectivity index (χ3v) is 3.11. The van der Waals surface area contributed by atoms with E-state index in [-0.39, 0.29) is 17.6 Å². The van der Waals surface area contributed by atoms with E-state index in [1.54, 1.807) is 0 Å². The van der Waals surface area contributed by atoms with E-state index in [1.807, 2.05) is 0 Å². The molecule has 0 radical (unpaired) electrons. The maximum Gasteiger partial charge on any atom is 0.433 e. The lowest BCUT2D eigenvalue weighted by atomic mass is 10.1. The number of carboxylic acids is 1. The highest BCUT2D eigenvalue weighted by molar-refractivity contribution is 5.86. The summed E-state index contributed by atoms with van der Waals surface area (Å²) < 4.78 is 40.0. The third-order valence-electron chi connectivity index (χ3n) is 3.11. The quantitative estimate of drug-likeness (QED) is 0.860. The van der Waals surface area contributed by atoms with Crippen molar-refractivity contribution >= 4 is 11.6 Å². The second-order valence-corrected chi connectivity index (χ2v) is 4.34. The van der Waals surface area contributed by atoms with Gasteiger partial charge in [0.25, 0.3) is 0 Å². The lowest BCUT2D eigenvalue weighted by Gasteiger charge is -2.13. The van der Waals surface area contributed by atoms with E-state index >= 15 is 0 Å². The molecule has 0 aliphatic heterocycles. The van der Waals surface area contributed by atoms with Crippen LogP contribution in [0.2, 0.25) is 0 Å². The van der Waals surface area contributed by atoms with Gasteiger partial charge in [0, 0.05) is 17.3 Å². The fraction of sp³-hybridized carbons (Fsp3) is 0.364. The second kappa shape index (κ2) is 3.69. The van der Waals surface area contributed by atoms with Gasteiger partial charge < -0.3 is 5.11 Å². The lowest BCUT2D eigenvalue weighted by molar-refractivity contribution is -0.143. The Labute approximate surface area is 104 Å². The number of fused-ring (bicyclic) bond motifs is 2. The SMILES string of the molecule is O=C(O)c1cc2nc3c(c(C(F)(F)F)n2n1)CCC3. The van der Waals surface area contributed by atoms with Crippen molar-refractivity contribution < 1.29 is 23.1 Å². The van der Waals surface area contributed by atoms with Gasteiger partial charge in [-0.15, -0.1) is 0 Å². The van der Waals surface area contributed by atoms with Crippen molar-refractivity contribution in [3.05, 3.63) is 28.7 Å². The van der Waals surface area contributed by atoms with Crippen molar-refractivity contribution in [3.63, 3.8) is 0 Å². The minimum Gasteiger partial charge on any atom is -0.476 e. The first kappa shape index (κ1) is 11.9. The molecule has 0 saturated heterocycles. The predicted octanol–water partition coefficient (Wildman–Crippen LogP) is 1.93. The summed E-state index contributed by atoms with van der Waals surface area (Å²) in [5, 5.41) is 12.3. The van der Waals surface area contributed by atoms with Crippen molar-refractivity contribution in [2.75, 3.05) is 0 Å². The number of hydrogen-bond acceptors (Lipinski definition) is 3. The van der Waals surface area contributed by atoms with E-state index in [0.717, 1.165) is 6.07 Å². The molecule has 2 heterocycles. The summed E-state index contributed by atoms with van der Waals surface area (Å²) in [6.45, 7) is 0. The van der Waals surface area contributed by atoms with Crippen LogP contribution in [0, 0.1) is 0 Å². The largest absolute Gasteiger partial charge is 0.476 e. The lowest BCUT2D eigenvalue weighted by Crippen LogP contribution is -2.17. The maximum absolute atomic E-state index is 13.1. The highest BCUT2D eigenvalue weighted by Gasteiger charge is 2.40. The van der Waals surface area contributed by atoms with E-state index in [1.165, 1.54) is 0 Å². The molecule has 5 nitrogen and oxygen atoms in total. The molecule has 0 unspecified atom stereocenters. The van der Waals surface area contributed by atoms with Crippen molar-refractivity contribution in [1.82, 2.24) is 14.6 Å². The number of halogens is 3. The molecule has 1 aliphatic carbocycles. The van der Waals surface area contributed by atoms with Crippen LogP contribution in [0.1, 0.15) is 33.9 Å². The van der Waals surface area contributed by atoms with Crippen LogP contribution in [0.15, 0.2) is 6.07 Å². The summed E-state index contributed by atoms with van der Waals surface area (Å²) in [5.41, 5.74) is -0.916. The average Bonchev–Trinajstić information content (AvgIpc) is 2.87. The summed E-state index contributed by atoms with van der Waals surface area (Å²) >= 11 is 0. The summed E-state index contributed by atoms with van der Waals surface area (Å²) in [6.07, 6.45) is -3.21. The molecule has 19 heavy (non-hydrogen) atoms. The van der Waals surface area contributed by atoms with Gasteiger partial charge in [-0.25, -0.2) is 14.3 Å². The Kier molecular flexibility index (Phi) is 2.32. The number of aromatic carboxylic acids is 1. The second-order valence-electron chi connectivity index (χ2n) is 4.34. The molecule has 0 spiro atoms. The van der Waals surface area contributed by atoms with E-state index < -0.39 is 23.5 Å². The minimum atomic E-state index is -4.59. The van der Waals surface area contributed by atoms with Gasteiger partial charge >= 0.3 is 12.1 Å². The topological polar surface area (TPSA) is 67.5 Å². The number of alkyl halides is 3. The number of rotatable bonds is 1. The van der Waals surface area contributed by atoms with Crippen LogP contribution in [0.5, 0.6) is 0 Å². The highest BCUT2D eigenvalue weighted by Crippen LogP contribution is 2.36. The summed E-state index contributed by atoms with van der Waals surface area (Å²) in [7, 11) is 0. The van der Waals surface area contributed by atoms with E-state index in [0.29, 0.717) is 23.1 Å². The Morgan fingerprint density at radius 2 is 2.11 bits per heavy atom. The Morgan fingerprint density at radius 3 is 2.74 bits per heavy atom. The standard InChI is InChI=1S/C11H8F3N3O2/c12-11(13,14)9-5-2-1-3-6(5)15-8-4-7(10(18)19)16-17(8)9/h4H,1-3H2,(H,18,19). The summed E-state index contributed by atoms with van der Waals surface area (Å²) in [5.74, 6) is -1.38. The predicted molar refractivity (Wildman–Crippen MR) is 57.0 cm³/mol. The fourth-order valence-corrected chi connectivity index (χ4v) is 2.38. The molecule has 1 N–H and O–H groups in total. The number of carboxylic acid groups (broad SMARTS) is 1. The van der Waals surface area contributed by atoms with Gasteiger partial charge in [-0.3, -0.25) is 0 Å². The van der Waals surface area contributed by atoms with Gasteiger partial charge in [0.15, 0.2) is 17.0 Å². The van der Waals surface area contributed by atoms with Crippen molar-refractivity contribution in [1.29, 1.82) is 0 Å². The normalized spacial score (nSPS) is 14.9. The van der Waals surface area contributed by atoms with Gasteiger partial charge in [-0.2, -0.15) is 18.3 Å². The molecule has 0 aromatic carbocycles. The first-order valence-electron chi connectivity index (χ1n) is 5.60. The van der Waals surface area contributed by atoms with Crippen LogP contribution in [-0.4, -0.2) is 25.7 Å². The van der Waals surface area contributed by atoms with Crippen LogP contribution in [0.25, 0.3) is 5.65 Å². The van der Waals surface area contributed by atoms with Crippen molar-refractivity contribution in [2.24, 2.45) is 0 Å². The maximum atomic E-state index is 13.1. The number of nitrogens with zero attached hydrogens (tertiary/aromatic N) is 3. The first-order chi connectivity index (χ1) is 8.88. The molecule has 0 saturated carbocycles. The first-order valence-corrected chi connectivity index (χ1v) is 5.60. The van der Waals surface area contributed by atoms with Crippen LogP contribution >= 0.6 is 0 Å². The molecular formula is C11H8F3N3O2. The molecule has 0 atom stereocenters. The summed E-state index contributed by atoms with van der Waals surface area (Å²) in [4.78, 5) is 14.9. The zero-order chi connectivity index (χ0) is 13.8. The smallest absolute Gasteiger partial charge is 0.433 e. The molecule has 8 heteroatoms. The van der Waals surface area contributed by atoms with Gasteiger partial charge in [-0.05, 0) is 19.3 Å². The van der Waals surface area contributed by atoms with Crippen molar-refractivity contribution in [2.45, 2.75) is 25.4 Å².